The molecule has 1 unspecified atom stereocenters. The Morgan fingerprint density at radius 2 is 2.00 bits per heavy atom. The molecule has 1 aromatic carbocycles. The van der Waals surface area contributed by atoms with Crippen molar-refractivity contribution in [1.82, 2.24) is 0 Å². The van der Waals surface area contributed by atoms with E-state index in [1.165, 1.54) is 12.4 Å². The number of hydrogen-bond donors (Lipinski definition) is 0. The molecule has 1 aliphatic heterocycles. The molecule has 0 N–H and O–H groups in total. The Labute approximate surface area is 65.7 Å². The summed E-state index contributed by atoms with van der Waals surface area (Å²) in [7, 11) is 0. The molecule has 57 valence electrons. The van der Waals surface area contributed by atoms with E-state index in [1.54, 1.807) is 0 Å². The van der Waals surface area contributed by atoms with Gasteiger partial charge in [0.2, 0.25) is 6.79 Å². The van der Waals surface area contributed by atoms with Crippen LogP contribution in [0.15, 0.2) is 30.3 Å². The summed E-state index contributed by atoms with van der Waals surface area (Å²) in [5, 5.41) is 0. The molecular weight excluding hydrogens is 140 g/mol. The minimum Gasteiger partial charge on any atom is -0.345 e. The van der Waals surface area contributed by atoms with E-state index in [0.29, 0.717) is 6.61 Å². The Hall–Kier alpha value is -0.860. The monoisotopic (exact) mass is 149 g/mol. The number of ether oxygens (including phenoxy) is 2. The van der Waals surface area contributed by atoms with Crippen LogP contribution < -0.4 is 0 Å². The van der Waals surface area contributed by atoms with Gasteiger partial charge in [-0.3, -0.25) is 0 Å². The summed E-state index contributed by atoms with van der Waals surface area (Å²) in [5.74, 6) is 0. The van der Waals surface area contributed by atoms with Gasteiger partial charge < -0.3 is 9.47 Å². The van der Waals surface area contributed by atoms with E-state index in [2.05, 4.69) is 0 Å². The zero-order chi connectivity index (χ0) is 7.52. The quantitative estimate of drug-likeness (QED) is 0.607. The maximum absolute atomic E-state index is 5.19. The van der Waals surface area contributed by atoms with Crippen molar-refractivity contribution in [3.63, 3.8) is 0 Å². The van der Waals surface area contributed by atoms with Crippen LogP contribution in [0.5, 0.6) is 0 Å². The molecule has 0 saturated carbocycles. The molecule has 2 nitrogen and oxygen atoms in total. The van der Waals surface area contributed by atoms with Crippen LogP contribution in [0.2, 0.25) is 0 Å². The first-order valence-electron chi connectivity index (χ1n) is 3.60. The molecule has 1 heterocycles. The predicted molar refractivity (Wildman–Crippen MR) is 40.5 cm³/mol. The summed E-state index contributed by atoms with van der Waals surface area (Å²) in [6, 6.07) is 10.1. The van der Waals surface area contributed by atoms with Crippen molar-refractivity contribution >= 4 is 0 Å². The largest absolute Gasteiger partial charge is 0.345 e. The lowest BCUT2D eigenvalue weighted by molar-refractivity contribution is 0.128. The van der Waals surface area contributed by atoms with Gasteiger partial charge in [0, 0.05) is 0 Å². The minimum absolute atomic E-state index is 0.0937. The molecule has 1 radical (unpaired) electrons. The minimum atomic E-state index is 0.0937. The van der Waals surface area contributed by atoms with Gasteiger partial charge in [-0.25, -0.2) is 0 Å². The Bertz CT molecular complexity index is 214. The highest BCUT2D eigenvalue weighted by Gasteiger charge is 2.17. The number of benzene rings is 1. The lowest BCUT2D eigenvalue weighted by Crippen LogP contribution is -1.97. The Balaban J connectivity index is 2.16. The topological polar surface area (TPSA) is 18.5 Å². The molecule has 2 rings (SSSR count). The fourth-order valence-electron chi connectivity index (χ4n) is 1.11. The zero-order valence-corrected chi connectivity index (χ0v) is 6.07. The van der Waals surface area contributed by atoms with Crippen LogP contribution in [0, 0.1) is 6.79 Å². The first kappa shape index (κ1) is 6.83. The van der Waals surface area contributed by atoms with E-state index in [1.807, 2.05) is 30.3 Å². The first-order chi connectivity index (χ1) is 5.47. The van der Waals surface area contributed by atoms with E-state index in [0.717, 1.165) is 0 Å². The van der Waals surface area contributed by atoms with Gasteiger partial charge in [0.25, 0.3) is 0 Å². The van der Waals surface area contributed by atoms with Gasteiger partial charge in [-0.1, -0.05) is 30.3 Å². The third kappa shape index (κ3) is 1.42. The normalized spacial score (nSPS) is 23.8. The molecule has 1 fully saturated rings. The van der Waals surface area contributed by atoms with Crippen LogP contribution in [0.1, 0.15) is 11.7 Å². The van der Waals surface area contributed by atoms with Crippen LogP contribution in [0.4, 0.5) is 0 Å². The van der Waals surface area contributed by atoms with Gasteiger partial charge in [0.1, 0.15) is 6.10 Å². The maximum atomic E-state index is 5.19. The summed E-state index contributed by atoms with van der Waals surface area (Å²) in [6.45, 7) is 2.03. The van der Waals surface area contributed by atoms with E-state index in [-0.39, 0.29) is 6.10 Å². The van der Waals surface area contributed by atoms with E-state index >= 15 is 0 Å². The van der Waals surface area contributed by atoms with Crippen LogP contribution >= 0.6 is 0 Å². The molecule has 11 heavy (non-hydrogen) atoms. The van der Waals surface area contributed by atoms with Gasteiger partial charge in [0.05, 0.1) is 6.61 Å². The van der Waals surface area contributed by atoms with Crippen molar-refractivity contribution in [2.24, 2.45) is 0 Å². The smallest absolute Gasteiger partial charge is 0.210 e. The van der Waals surface area contributed by atoms with Gasteiger partial charge in [0.15, 0.2) is 0 Å². The van der Waals surface area contributed by atoms with Crippen molar-refractivity contribution < 1.29 is 9.47 Å². The average Bonchev–Trinajstić information content (AvgIpc) is 2.58. The second-order valence-electron chi connectivity index (χ2n) is 2.46. The average molecular weight is 149 g/mol. The molecule has 1 aromatic rings. The third-order valence-corrected chi connectivity index (χ3v) is 1.71. The SMILES string of the molecule is [CH]1OCC(c2ccccc2)O1. The molecule has 0 bridgehead atoms. The molecular formula is C9H9O2. The molecule has 0 spiro atoms. The van der Waals surface area contributed by atoms with Gasteiger partial charge in [-0.05, 0) is 5.56 Å². The fraction of sp³-hybridized carbons (Fsp3) is 0.222. The van der Waals surface area contributed by atoms with Crippen LogP contribution in [0.3, 0.4) is 0 Å². The van der Waals surface area contributed by atoms with Crippen molar-refractivity contribution in [2.45, 2.75) is 6.10 Å². The van der Waals surface area contributed by atoms with Gasteiger partial charge in [-0.2, -0.15) is 0 Å². The summed E-state index contributed by atoms with van der Waals surface area (Å²) in [5.41, 5.74) is 1.17. The highest BCUT2D eigenvalue weighted by Crippen LogP contribution is 2.23. The lowest BCUT2D eigenvalue weighted by atomic mass is 10.1. The third-order valence-electron chi connectivity index (χ3n) is 1.71. The Kier molecular flexibility index (Phi) is 1.88. The van der Waals surface area contributed by atoms with Crippen molar-refractivity contribution in [3.8, 4) is 0 Å². The number of rotatable bonds is 1. The van der Waals surface area contributed by atoms with Crippen molar-refractivity contribution in [2.75, 3.05) is 6.61 Å². The van der Waals surface area contributed by atoms with Gasteiger partial charge in [-0.15, -0.1) is 0 Å². The summed E-state index contributed by atoms with van der Waals surface area (Å²) < 4.78 is 10.2. The van der Waals surface area contributed by atoms with Crippen LogP contribution in [-0.2, 0) is 9.47 Å². The first-order valence-corrected chi connectivity index (χ1v) is 3.60. The predicted octanol–water partition coefficient (Wildman–Crippen LogP) is 1.89. The molecule has 1 aliphatic rings. The molecule has 0 aliphatic carbocycles. The fourth-order valence-corrected chi connectivity index (χ4v) is 1.11. The zero-order valence-electron chi connectivity index (χ0n) is 6.07. The summed E-state index contributed by atoms with van der Waals surface area (Å²) in [6.07, 6.45) is 0.0937. The van der Waals surface area contributed by atoms with E-state index in [4.69, 9.17) is 9.47 Å². The molecule has 0 aromatic heterocycles. The molecule has 1 atom stereocenters. The van der Waals surface area contributed by atoms with Gasteiger partial charge >= 0.3 is 0 Å². The lowest BCUT2D eigenvalue weighted by Gasteiger charge is -2.05. The Morgan fingerprint density at radius 3 is 2.64 bits per heavy atom. The molecule has 1 saturated heterocycles. The van der Waals surface area contributed by atoms with E-state index in [9.17, 15) is 0 Å². The van der Waals surface area contributed by atoms with Crippen molar-refractivity contribution in [1.29, 1.82) is 0 Å². The standard InChI is InChI=1S/C9H9O2/c1-2-4-8(5-3-1)9-6-10-7-11-9/h1-5,7,9H,6H2. The maximum Gasteiger partial charge on any atom is 0.210 e. The van der Waals surface area contributed by atoms with Crippen molar-refractivity contribution in [3.05, 3.63) is 42.7 Å². The second kappa shape index (κ2) is 3.03. The highest BCUT2D eigenvalue weighted by molar-refractivity contribution is 5.18. The molecule has 2 heteroatoms. The highest BCUT2D eigenvalue weighted by atomic mass is 16.7. The van der Waals surface area contributed by atoms with Crippen LogP contribution in [-0.4, -0.2) is 6.61 Å². The summed E-state index contributed by atoms with van der Waals surface area (Å²) >= 11 is 0. The molecule has 0 amide bonds. The summed E-state index contributed by atoms with van der Waals surface area (Å²) in [4.78, 5) is 0. The number of hydrogen-bond acceptors (Lipinski definition) is 2. The van der Waals surface area contributed by atoms with E-state index < -0.39 is 0 Å². The van der Waals surface area contributed by atoms with Crippen LogP contribution in [0.25, 0.3) is 0 Å². The Morgan fingerprint density at radius 1 is 1.18 bits per heavy atom. The second-order valence-corrected chi connectivity index (χ2v) is 2.46.